The number of nitrogens with one attached hydrogen (secondary N) is 1. The van der Waals surface area contributed by atoms with Crippen LogP contribution in [0.1, 0.15) is 29.8 Å². The Bertz CT molecular complexity index is 896. The average molecular weight is 416 g/mol. The van der Waals surface area contributed by atoms with E-state index in [0.29, 0.717) is 11.4 Å². The van der Waals surface area contributed by atoms with Crippen LogP contribution in [0, 0.1) is 0 Å². The highest BCUT2D eigenvalue weighted by molar-refractivity contribution is 5.92. The number of benzene rings is 1. The summed E-state index contributed by atoms with van der Waals surface area (Å²) < 4.78 is 20.7. The SMILES string of the molecule is COc1ccc(NC(=O)N2C[C@@H](F)C[C@H]2Cn2cc(C(=O)N3CCCC3)nn2)cc1. The molecule has 30 heavy (non-hydrogen) atoms. The summed E-state index contributed by atoms with van der Waals surface area (Å²) in [6.45, 7) is 1.76. The number of alkyl halides is 1. The molecular formula is C20H25FN6O3. The van der Waals surface area contributed by atoms with Gasteiger partial charge < -0.3 is 19.9 Å². The molecule has 0 unspecified atom stereocenters. The maximum atomic E-state index is 14.1. The zero-order valence-corrected chi connectivity index (χ0v) is 16.8. The van der Waals surface area contributed by atoms with Gasteiger partial charge in [-0.2, -0.15) is 0 Å². The molecule has 3 amide bonds. The van der Waals surface area contributed by atoms with E-state index < -0.39 is 6.17 Å². The Morgan fingerprint density at radius 3 is 2.67 bits per heavy atom. The van der Waals surface area contributed by atoms with Gasteiger partial charge in [0.2, 0.25) is 0 Å². The number of hydrogen-bond donors (Lipinski definition) is 1. The van der Waals surface area contributed by atoms with Crippen molar-refractivity contribution in [3.63, 3.8) is 0 Å². The summed E-state index contributed by atoms with van der Waals surface area (Å²) in [5.41, 5.74) is 0.877. The van der Waals surface area contributed by atoms with E-state index in [2.05, 4.69) is 15.6 Å². The van der Waals surface area contributed by atoms with E-state index in [9.17, 15) is 14.0 Å². The van der Waals surface area contributed by atoms with Crippen LogP contribution in [0.2, 0.25) is 0 Å². The number of likely N-dealkylation sites (tertiary alicyclic amines) is 2. The lowest BCUT2D eigenvalue weighted by molar-refractivity contribution is 0.0787. The number of rotatable bonds is 5. The van der Waals surface area contributed by atoms with Crippen LogP contribution in [0.15, 0.2) is 30.5 Å². The van der Waals surface area contributed by atoms with Gasteiger partial charge in [-0.25, -0.2) is 13.9 Å². The molecule has 2 aliphatic rings. The van der Waals surface area contributed by atoms with Crippen molar-refractivity contribution < 1.29 is 18.7 Å². The Balaban J connectivity index is 1.40. The molecule has 2 atom stereocenters. The molecule has 0 bridgehead atoms. The molecule has 2 saturated heterocycles. The number of amides is 3. The first kappa shape index (κ1) is 20.1. The summed E-state index contributed by atoms with van der Waals surface area (Å²) in [6, 6.07) is 6.17. The second-order valence-corrected chi connectivity index (χ2v) is 7.62. The number of methoxy groups -OCH3 is 1. The third-order valence-corrected chi connectivity index (χ3v) is 5.51. The number of halogens is 1. The van der Waals surface area contributed by atoms with Crippen molar-refractivity contribution >= 4 is 17.6 Å². The van der Waals surface area contributed by atoms with Gasteiger partial charge in [0.25, 0.3) is 5.91 Å². The van der Waals surface area contributed by atoms with Crippen molar-refractivity contribution in [2.24, 2.45) is 0 Å². The number of carbonyl (C=O) groups is 2. The fourth-order valence-corrected chi connectivity index (χ4v) is 3.93. The van der Waals surface area contributed by atoms with Crippen LogP contribution in [0.25, 0.3) is 0 Å². The predicted molar refractivity (Wildman–Crippen MR) is 107 cm³/mol. The lowest BCUT2D eigenvalue weighted by Crippen LogP contribution is -2.41. The summed E-state index contributed by atoms with van der Waals surface area (Å²) >= 11 is 0. The van der Waals surface area contributed by atoms with Gasteiger partial charge in [-0.3, -0.25) is 4.79 Å². The van der Waals surface area contributed by atoms with E-state index in [1.807, 2.05) is 0 Å². The molecular weight excluding hydrogens is 391 g/mol. The Morgan fingerprint density at radius 2 is 1.97 bits per heavy atom. The fraction of sp³-hybridized carbons (Fsp3) is 0.500. The average Bonchev–Trinajstić information content (AvgIpc) is 3.50. The molecule has 1 aromatic heterocycles. The Hall–Kier alpha value is -3.17. The van der Waals surface area contributed by atoms with Crippen molar-refractivity contribution in [3.05, 3.63) is 36.2 Å². The summed E-state index contributed by atoms with van der Waals surface area (Å²) in [4.78, 5) is 28.4. The minimum Gasteiger partial charge on any atom is -0.497 e. The molecule has 0 saturated carbocycles. The minimum atomic E-state index is -1.11. The lowest BCUT2D eigenvalue weighted by Gasteiger charge is -2.24. The van der Waals surface area contributed by atoms with Gasteiger partial charge in [-0.15, -0.1) is 5.10 Å². The van der Waals surface area contributed by atoms with Gasteiger partial charge in [0.05, 0.1) is 32.4 Å². The van der Waals surface area contributed by atoms with Crippen LogP contribution in [0.3, 0.4) is 0 Å². The summed E-state index contributed by atoms with van der Waals surface area (Å²) in [5.74, 6) is 0.545. The van der Waals surface area contributed by atoms with E-state index in [4.69, 9.17) is 4.74 Å². The minimum absolute atomic E-state index is 0.0148. The van der Waals surface area contributed by atoms with Crippen molar-refractivity contribution in [2.75, 3.05) is 32.1 Å². The second-order valence-electron chi connectivity index (χ2n) is 7.62. The fourth-order valence-electron chi connectivity index (χ4n) is 3.93. The van der Waals surface area contributed by atoms with Crippen LogP contribution >= 0.6 is 0 Å². The zero-order valence-electron chi connectivity index (χ0n) is 16.8. The largest absolute Gasteiger partial charge is 0.497 e. The molecule has 3 heterocycles. The third-order valence-electron chi connectivity index (χ3n) is 5.51. The van der Waals surface area contributed by atoms with Crippen LogP contribution in [-0.2, 0) is 6.54 Å². The molecule has 10 heteroatoms. The van der Waals surface area contributed by atoms with E-state index in [0.717, 1.165) is 25.9 Å². The Labute approximate surface area is 173 Å². The number of urea groups is 1. The number of anilines is 1. The van der Waals surface area contributed by atoms with E-state index in [1.165, 1.54) is 9.58 Å². The molecule has 160 valence electrons. The third kappa shape index (κ3) is 4.37. The molecule has 9 nitrogen and oxygen atoms in total. The van der Waals surface area contributed by atoms with Crippen LogP contribution in [-0.4, -0.2) is 75.7 Å². The van der Waals surface area contributed by atoms with Crippen LogP contribution in [0.4, 0.5) is 14.9 Å². The number of ether oxygens (including phenoxy) is 1. The maximum Gasteiger partial charge on any atom is 0.322 e. The van der Waals surface area contributed by atoms with E-state index >= 15 is 0 Å². The molecule has 4 rings (SSSR count). The first-order valence-corrected chi connectivity index (χ1v) is 10.1. The van der Waals surface area contributed by atoms with Crippen molar-refractivity contribution in [1.82, 2.24) is 24.8 Å². The molecule has 2 aromatic rings. The van der Waals surface area contributed by atoms with Gasteiger partial charge in [0.15, 0.2) is 5.69 Å². The van der Waals surface area contributed by atoms with Gasteiger partial charge in [0.1, 0.15) is 11.9 Å². The molecule has 0 aliphatic carbocycles. The maximum absolute atomic E-state index is 14.1. The summed E-state index contributed by atoms with van der Waals surface area (Å²) in [6.07, 6.45) is 2.68. The Kier molecular flexibility index (Phi) is 5.82. The van der Waals surface area contributed by atoms with Gasteiger partial charge in [-0.1, -0.05) is 5.21 Å². The van der Waals surface area contributed by atoms with Crippen molar-refractivity contribution in [1.29, 1.82) is 0 Å². The van der Waals surface area contributed by atoms with Crippen LogP contribution in [0.5, 0.6) is 5.75 Å². The zero-order chi connectivity index (χ0) is 21.1. The Morgan fingerprint density at radius 1 is 1.23 bits per heavy atom. The number of nitrogens with zero attached hydrogens (tertiary/aromatic N) is 5. The standard InChI is InChI=1S/C20H25FN6O3/c1-30-17-6-4-15(5-7-17)22-20(29)27-11-14(21)10-16(27)12-26-13-18(23-24-26)19(28)25-8-2-3-9-25/h4-7,13-14,16H,2-3,8-12H2,1H3,(H,22,29)/t14-,16-/m0/s1. The smallest absolute Gasteiger partial charge is 0.322 e. The van der Waals surface area contributed by atoms with Crippen molar-refractivity contribution in [2.45, 2.75) is 38.0 Å². The van der Waals surface area contributed by atoms with Gasteiger partial charge >= 0.3 is 6.03 Å². The highest BCUT2D eigenvalue weighted by Gasteiger charge is 2.36. The number of carbonyl (C=O) groups excluding carboxylic acids is 2. The van der Waals surface area contributed by atoms with Crippen LogP contribution < -0.4 is 10.1 Å². The topological polar surface area (TPSA) is 92.6 Å². The second kappa shape index (κ2) is 8.68. The molecule has 1 N–H and O–H groups in total. The molecule has 0 spiro atoms. The quantitative estimate of drug-likeness (QED) is 0.807. The number of hydrogen-bond acceptors (Lipinski definition) is 5. The summed E-state index contributed by atoms with van der Waals surface area (Å²) in [5, 5.41) is 10.8. The highest BCUT2D eigenvalue weighted by Crippen LogP contribution is 2.24. The monoisotopic (exact) mass is 416 g/mol. The van der Waals surface area contributed by atoms with E-state index in [1.54, 1.807) is 42.5 Å². The summed E-state index contributed by atoms with van der Waals surface area (Å²) in [7, 11) is 1.57. The normalized spacial score (nSPS) is 21.1. The van der Waals surface area contributed by atoms with Crippen molar-refractivity contribution in [3.8, 4) is 5.75 Å². The first-order chi connectivity index (χ1) is 14.5. The molecule has 2 aliphatic heterocycles. The lowest BCUT2D eigenvalue weighted by atomic mass is 10.2. The predicted octanol–water partition coefficient (Wildman–Crippen LogP) is 2.17. The van der Waals surface area contributed by atoms with E-state index in [-0.39, 0.29) is 43.2 Å². The molecule has 2 fully saturated rings. The molecule has 0 radical (unpaired) electrons. The number of aromatic nitrogens is 3. The molecule has 1 aromatic carbocycles. The highest BCUT2D eigenvalue weighted by atomic mass is 19.1. The van der Waals surface area contributed by atoms with Gasteiger partial charge in [0, 0.05) is 25.2 Å². The van der Waals surface area contributed by atoms with Gasteiger partial charge in [-0.05, 0) is 37.1 Å². The first-order valence-electron chi connectivity index (χ1n) is 10.1.